The average molecular weight is 468 g/mol. The first kappa shape index (κ1) is 20.2. The molecule has 156 valence electrons. The van der Waals surface area contributed by atoms with E-state index in [2.05, 4.69) is 10.2 Å². The molecule has 0 unspecified atom stereocenters. The Hall–Kier alpha value is -2.68. The molecule has 3 aromatic heterocycles. The molecular weight excluding hydrogens is 450 g/mol. The van der Waals surface area contributed by atoms with Crippen molar-refractivity contribution < 1.29 is 0 Å². The average Bonchev–Trinajstić information content (AvgIpc) is 3.43. The van der Waals surface area contributed by atoms with Gasteiger partial charge in [-0.2, -0.15) is 0 Å². The smallest absolute Gasteiger partial charge is 0.262 e. The van der Waals surface area contributed by atoms with Crippen LogP contribution in [0.15, 0.2) is 63.9 Å². The van der Waals surface area contributed by atoms with Gasteiger partial charge < -0.3 is 0 Å². The van der Waals surface area contributed by atoms with Crippen molar-refractivity contribution in [2.75, 3.05) is 0 Å². The van der Waals surface area contributed by atoms with Gasteiger partial charge in [0, 0.05) is 23.2 Å². The zero-order chi connectivity index (χ0) is 21.4. The van der Waals surface area contributed by atoms with Crippen LogP contribution >= 0.6 is 34.7 Å². The molecule has 0 saturated carbocycles. The van der Waals surface area contributed by atoms with Gasteiger partial charge in [-0.25, -0.2) is 4.98 Å². The lowest BCUT2D eigenvalue weighted by Gasteiger charge is -2.10. The summed E-state index contributed by atoms with van der Waals surface area (Å²) in [6.07, 6.45) is 0.840. The Morgan fingerprint density at radius 2 is 1.90 bits per heavy atom. The Balaban J connectivity index is 1.51. The molecule has 3 heterocycles. The van der Waals surface area contributed by atoms with Crippen molar-refractivity contribution in [1.82, 2.24) is 24.1 Å². The second-order valence-corrected chi connectivity index (χ2v) is 9.21. The van der Waals surface area contributed by atoms with Crippen molar-refractivity contribution >= 4 is 51.4 Å². The van der Waals surface area contributed by atoms with E-state index < -0.39 is 0 Å². The fraction of sp³-hybridized carbons (Fsp3) is 0.182. The molecule has 0 bridgehead atoms. The Kier molecular flexibility index (Phi) is 5.52. The van der Waals surface area contributed by atoms with Crippen LogP contribution in [-0.4, -0.2) is 24.1 Å². The normalized spacial score (nSPS) is 11.5. The van der Waals surface area contributed by atoms with Crippen LogP contribution in [0.2, 0.25) is 5.02 Å². The lowest BCUT2D eigenvalue weighted by molar-refractivity contribution is 0.662. The molecular formula is C22H18ClN5OS2. The van der Waals surface area contributed by atoms with Crippen LogP contribution in [0, 0.1) is 0 Å². The predicted molar refractivity (Wildman–Crippen MR) is 127 cm³/mol. The summed E-state index contributed by atoms with van der Waals surface area (Å²) in [7, 11) is 0. The number of halogens is 1. The molecule has 9 heteroatoms. The Bertz CT molecular complexity index is 1460. The summed E-state index contributed by atoms with van der Waals surface area (Å²) in [6, 6.07) is 15.3. The number of hydrogen-bond acceptors (Lipinski definition) is 6. The van der Waals surface area contributed by atoms with E-state index in [0.29, 0.717) is 28.5 Å². The molecule has 0 saturated heterocycles. The van der Waals surface area contributed by atoms with Crippen LogP contribution in [0.5, 0.6) is 0 Å². The molecule has 5 aromatic rings. The largest absolute Gasteiger partial charge is 0.276 e. The SMILES string of the molecule is CCCn1c(=O)c2ccccc2n2c(SCc3csc(-c4ccccc4Cl)n3)nnc12. The molecule has 0 N–H and O–H groups in total. The maximum atomic E-state index is 12.9. The number of thioether (sulfide) groups is 1. The summed E-state index contributed by atoms with van der Waals surface area (Å²) < 4.78 is 3.68. The van der Waals surface area contributed by atoms with Crippen LogP contribution in [0.1, 0.15) is 19.0 Å². The van der Waals surface area contributed by atoms with Crippen molar-refractivity contribution in [2.45, 2.75) is 30.8 Å². The number of nitrogens with zero attached hydrogens (tertiary/aromatic N) is 5. The predicted octanol–water partition coefficient (Wildman–Crippen LogP) is 5.52. The van der Waals surface area contributed by atoms with E-state index in [0.717, 1.165) is 33.4 Å². The van der Waals surface area contributed by atoms with Crippen LogP contribution in [0.4, 0.5) is 0 Å². The van der Waals surface area contributed by atoms with E-state index in [-0.39, 0.29) is 5.56 Å². The second-order valence-electron chi connectivity index (χ2n) is 7.00. The minimum Gasteiger partial charge on any atom is -0.276 e. The molecule has 31 heavy (non-hydrogen) atoms. The van der Waals surface area contributed by atoms with Gasteiger partial charge in [-0.3, -0.25) is 13.8 Å². The molecule has 0 aliphatic heterocycles. The third kappa shape index (κ3) is 3.64. The highest BCUT2D eigenvalue weighted by Crippen LogP contribution is 2.32. The van der Waals surface area contributed by atoms with E-state index in [4.69, 9.17) is 16.6 Å². The van der Waals surface area contributed by atoms with Crippen molar-refractivity contribution in [2.24, 2.45) is 0 Å². The van der Waals surface area contributed by atoms with Gasteiger partial charge >= 0.3 is 0 Å². The van der Waals surface area contributed by atoms with Gasteiger partial charge in [0.2, 0.25) is 5.78 Å². The standard InChI is InChI=1S/C22H18ClN5OS2/c1-2-11-27-20(29)16-8-4-6-10-18(16)28-21(27)25-26-22(28)31-13-14-12-30-19(24-14)15-7-3-5-9-17(15)23/h3-10,12H,2,11,13H2,1H3. The molecule has 0 spiro atoms. The first-order valence-corrected chi connectivity index (χ1v) is 12.1. The number of hydrogen-bond donors (Lipinski definition) is 0. The van der Waals surface area contributed by atoms with Gasteiger partial charge in [-0.15, -0.1) is 21.5 Å². The summed E-state index contributed by atoms with van der Waals surface area (Å²) in [5, 5.41) is 13.8. The Morgan fingerprint density at radius 3 is 2.74 bits per heavy atom. The highest BCUT2D eigenvalue weighted by Gasteiger charge is 2.17. The van der Waals surface area contributed by atoms with Crippen LogP contribution in [0.3, 0.4) is 0 Å². The highest BCUT2D eigenvalue weighted by atomic mass is 35.5. The molecule has 2 aromatic carbocycles. The lowest BCUT2D eigenvalue weighted by Crippen LogP contribution is -2.23. The van der Waals surface area contributed by atoms with E-state index in [1.165, 1.54) is 0 Å². The molecule has 6 nitrogen and oxygen atoms in total. The molecule has 0 fully saturated rings. The van der Waals surface area contributed by atoms with Gasteiger partial charge in [0.15, 0.2) is 5.16 Å². The zero-order valence-electron chi connectivity index (χ0n) is 16.7. The Morgan fingerprint density at radius 1 is 1.10 bits per heavy atom. The third-order valence-electron chi connectivity index (χ3n) is 4.93. The van der Waals surface area contributed by atoms with Crippen LogP contribution in [-0.2, 0) is 12.3 Å². The monoisotopic (exact) mass is 467 g/mol. The van der Waals surface area contributed by atoms with Gasteiger partial charge in [-0.1, -0.05) is 60.6 Å². The zero-order valence-corrected chi connectivity index (χ0v) is 19.0. The minimum absolute atomic E-state index is 0.0298. The number of aryl methyl sites for hydroxylation is 1. The van der Waals surface area contributed by atoms with Gasteiger partial charge in [-0.05, 0) is 24.6 Å². The summed E-state index contributed by atoms with van der Waals surface area (Å²) in [5.74, 6) is 1.21. The molecule has 0 amide bonds. The number of para-hydroxylation sites is 1. The van der Waals surface area contributed by atoms with Gasteiger partial charge in [0.1, 0.15) is 5.01 Å². The van der Waals surface area contributed by atoms with Crippen LogP contribution in [0.25, 0.3) is 27.3 Å². The molecule has 0 aliphatic rings. The van der Waals surface area contributed by atoms with Gasteiger partial charge in [0.05, 0.1) is 21.6 Å². The number of fused-ring (bicyclic) bond motifs is 3. The summed E-state index contributed by atoms with van der Waals surface area (Å²) >= 11 is 9.44. The number of aromatic nitrogens is 5. The number of benzene rings is 2. The fourth-order valence-electron chi connectivity index (χ4n) is 3.52. The second kappa shape index (κ2) is 8.45. The first-order valence-electron chi connectivity index (χ1n) is 9.86. The highest BCUT2D eigenvalue weighted by molar-refractivity contribution is 7.98. The van der Waals surface area contributed by atoms with E-state index >= 15 is 0 Å². The molecule has 0 radical (unpaired) electrons. The van der Waals surface area contributed by atoms with Crippen molar-refractivity contribution in [1.29, 1.82) is 0 Å². The molecule has 0 aliphatic carbocycles. The van der Waals surface area contributed by atoms with Crippen molar-refractivity contribution in [3.63, 3.8) is 0 Å². The third-order valence-corrected chi connectivity index (χ3v) is 7.15. The van der Waals surface area contributed by atoms with E-state index in [1.807, 2.05) is 65.2 Å². The van der Waals surface area contributed by atoms with E-state index in [9.17, 15) is 4.79 Å². The molecule has 0 atom stereocenters. The first-order chi connectivity index (χ1) is 15.2. The summed E-state index contributed by atoms with van der Waals surface area (Å²) in [4.78, 5) is 17.7. The fourth-order valence-corrected chi connectivity index (χ4v) is 5.60. The van der Waals surface area contributed by atoms with Gasteiger partial charge in [0.25, 0.3) is 5.56 Å². The van der Waals surface area contributed by atoms with Crippen molar-refractivity contribution in [3.8, 4) is 10.6 Å². The molecule has 5 rings (SSSR count). The number of thiazole rings is 1. The maximum Gasteiger partial charge on any atom is 0.262 e. The Labute approximate surface area is 191 Å². The van der Waals surface area contributed by atoms with E-state index in [1.54, 1.807) is 27.7 Å². The quantitative estimate of drug-likeness (QED) is 0.307. The topological polar surface area (TPSA) is 65.1 Å². The minimum atomic E-state index is -0.0298. The summed E-state index contributed by atoms with van der Waals surface area (Å²) in [5.41, 5.74) is 2.68. The van der Waals surface area contributed by atoms with Crippen LogP contribution < -0.4 is 5.56 Å². The lowest BCUT2D eigenvalue weighted by atomic mass is 10.2. The van der Waals surface area contributed by atoms with Crippen molar-refractivity contribution in [3.05, 3.63) is 75.0 Å². The number of rotatable bonds is 6. The maximum absolute atomic E-state index is 12.9. The summed E-state index contributed by atoms with van der Waals surface area (Å²) in [6.45, 7) is 2.65.